The van der Waals surface area contributed by atoms with Gasteiger partial charge < -0.3 is 21.1 Å². The Bertz CT molecular complexity index is 485. The highest BCUT2D eigenvalue weighted by molar-refractivity contribution is 5.86. The summed E-state index contributed by atoms with van der Waals surface area (Å²) in [4.78, 5) is 32.8. The van der Waals surface area contributed by atoms with Crippen molar-refractivity contribution in [3.05, 3.63) is 35.4 Å². The number of amides is 3. The van der Waals surface area contributed by atoms with E-state index in [-0.39, 0.29) is 6.54 Å². The van der Waals surface area contributed by atoms with E-state index in [1.807, 2.05) is 31.2 Å². The molecule has 1 aromatic rings. The maximum Gasteiger partial charge on any atom is 0.322 e. The number of aryl methyl sites for hydroxylation is 1. The predicted octanol–water partition coefficient (Wildman–Crippen LogP) is -0.00498. The van der Waals surface area contributed by atoms with E-state index in [0.29, 0.717) is 6.54 Å². The van der Waals surface area contributed by atoms with Crippen LogP contribution in [0.5, 0.6) is 0 Å². The van der Waals surface area contributed by atoms with Crippen LogP contribution in [0.15, 0.2) is 24.3 Å². The number of hydrogen-bond acceptors (Lipinski definition) is 3. The number of nitrogens with one attached hydrogen (secondary N) is 3. The summed E-state index contributed by atoms with van der Waals surface area (Å²) < 4.78 is 0. The first-order valence-electron chi connectivity index (χ1n) is 6.03. The molecule has 7 heteroatoms. The molecule has 0 saturated carbocycles. The highest BCUT2D eigenvalue weighted by atomic mass is 16.4. The molecule has 0 aromatic heterocycles. The van der Waals surface area contributed by atoms with E-state index >= 15 is 0 Å². The Labute approximate surface area is 116 Å². The lowest BCUT2D eigenvalue weighted by Gasteiger charge is -2.08. The van der Waals surface area contributed by atoms with Crippen molar-refractivity contribution in [1.82, 2.24) is 16.0 Å². The number of carbonyl (C=O) groups is 3. The molecule has 3 amide bonds. The maximum absolute atomic E-state index is 11.4. The van der Waals surface area contributed by atoms with Crippen LogP contribution in [0.4, 0.5) is 4.79 Å². The van der Waals surface area contributed by atoms with Gasteiger partial charge in [-0.3, -0.25) is 9.59 Å². The first kappa shape index (κ1) is 15.5. The molecule has 108 valence electrons. The number of carbonyl (C=O) groups excluding carboxylic acids is 2. The number of carboxylic acids is 1. The van der Waals surface area contributed by atoms with Gasteiger partial charge in [-0.05, 0) is 12.5 Å². The van der Waals surface area contributed by atoms with Crippen molar-refractivity contribution in [1.29, 1.82) is 0 Å². The topological polar surface area (TPSA) is 108 Å². The third-order valence-electron chi connectivity index (χ3n) is 2.42. The first-order chi connectivity index (χ1) is 9.47. The zero-order valence-electron chi connectivity index (χ0n) is 11.1. The van der Waals surface area contributed by atoms with Crippen LogP contribution in [0, 0.1) is 6.92 Å². The summed E-state index contributed by atoms with van der Waals surface area (Å²) in [6, 6.07) is 7.18. The van der Waals surface area contributed by atoms with Crippen LogP contribution in [-0.4, -0.2) is 36.1 Å². The van der Waals surface area contributed by atoms with Crippen molar-refractivity contribution >= 4 is 17.9 Å². The quantitative estimate of drug-likeness (QED) is 0.587. The van der Waals surface area contributed by atoms with Gasteiger partial charge >= 0.3 is 12.0 Å². The fraction of sp³-hybridized carbons (Fsp3) is 0.308. The van der Waals surface area contributed by atoms with E-state index in [0.717, 1.165) is 11.1 Å². The lowest BCUT2D eigenvalue weighted by atomic mass is 10.1. The molecule has 0 saturated heterocycles. The number of rotatable bonds is 6. The zero-order valence-corrected chi connectivity index (χ0v) is 11.1. The van der Waals surface area contributed by atoms with Gasteiger partial charge in [0, 0.05) is 6.54 Å². The Kier molecular flexibility index (Phi) is 6.02. The van der Waals surface area contributed by atoms with Crippen LogP contribution in [0.1, 0.15) is 11.1 Å². The normalized spacial score (nSPS) is 9.65. The Morgan fingerprint density at radius 2 is 1.65 bits per heavy atom. The Morgan fingerprint density at radius 1 is 1.00 bits per heavy atom. The average molecular weight is 279 g/mol. The van der Waals surface area contributed by atoms with Gasteiger partial charge in [0.15, 0.2) is 0 Å². The molecule has 1 rings (SSSR count). The van der Waals surface area contributed by atoms with E-state index in [4.69, 9.17) is 5.11 Å². The fourth-order valence-electron chi connectivity index (χ4n) is 1.35. The van der Waals surface area contributed by atoms with Crippen molar-refractivity contribution in [3.8, 4) is 0 Å². The van der Waals surface area contributed by atoms with E-state index in [1.54, 1.807) is 0 Å². The molecule has 0 atom stereocenters. The van der Waals surface area contributed by atoms with Crippen LogP contribution >= 0.6 is 0 Å². The van der Waals surface area contributed by atoms with Crippen molar-refractivity contribution < 1.29 is 19.5 Å². The summed E-state index contributed by atoms with van der Waals surface area (Å²) in [5, 5.41) is 15.4. The minimum Gasteiger partial charge on any atom is -0.480 e. The van der Waals surface area contributed by atoms with Gasteiger partial charge in [0.2, 0.25) is 5.91 Å². The van der Waals surface area contributed by atoms with E-state index in [1.165, 1.54) is 0 Å². The SMILES string of the molecule is Cc1ccc(CNC(=O)NCC(=O)NCC(=O)O)cc1. The molecule has 0 aliphatic rings. The van der Waals surface area contributed by atoms with Crippen LogP contribution in [0.25, 0.3) is 0 Å². The molecule has 0 heterocycles. The van der Waals surface area contributed by atoms with Crippen molar-refractivity contribution in [2.24, 2.45) is 0 Å². The zero-order chi connectivity index (χ0) is 15.0. The maximum atomic E-state index is 11.4. The van der Waals surface area contributed by atoms with E-state index in [9.17, 15) is 14.4 Å². The molecule has 0 bridgehead atoms. The molecular weight excluding hydrogens is 262 g/mol. The standard InChI is InChI=1S/C13H17N3O4/c1-9-2-4-10(5-3-9)6-15-13(20)16-7-11(17)14-8-12(18)19/h2-5H,6-8H2,1H3,(H,14,17)(H,18,19)(H2,15,16,20). The Balaban J connectivity index is 2.21. The van der Waals surface area contributed by atoms with Gasteiger partial charge in [-0.15, -0.1) is 0 Å². The number of urea groups is 1. The second kappa shape index (κ2) is 7.78. The fourth-order valence-corrected chi connectivity index (χ4v) is 1.35. The van der Waals surface area contributed by atoms with Crippen molar-refractivity contribution in [3.63, 3.8) is 0 Å². The molecule has 0 fully saturated rings. The highest BCUT2D eigenvalue weighted by Crippen LogP contribution is 2.02. The Hall–Kier alpha value is -2.57. The smallest absolute Gasteiger partial charge is 0.322 e. The molecule has 0 unspecified atom stereocenters. The molecule has 1 aromatic carbocycles. The van der Waals surface area contributed by atoms with Crippen molar-refractivity contribution in [2.75, 3.05) is 13.1 Å². The third-order valence-corrected chi connectivity index (χ3v) is 2.42. The highest BCUT2D eigenvalue weighted by Gasteiger charge is 2.06. The number of benzene rings is 1. The molecule has 0 aliphatic heterocycles. The monoisotopic (exact) mass is 279 g/mol. The average Bonchev–Trinajstić information content (AvgIpc) is 2.42. The predicted molar refractivity (Wildman–Crippen MR) is 72.1 cm³/mol. The molecule has 7 nitrogen and oxygen atoms in total. The van der Waals surface area contributed by atoms with Crippen LogP contribution in [0.2, 0.25) is 0 Å². The minimum atomic E-state index is -1.14. The third kappa shape index (κ3) is 6.39. The van der Waals surface area contributed by atoms with Crippen LogP contribution < -0.4 is 16.0 Å². The summed E-state index contributed by atoms with van der Waals surface area (Å²) in [6.07, 6.45) is 0. The molecule has 0 radical (unpaired) electrons. The second-order valence-electron chi connectivity index (χ2n) is 4.19. The summed E-state index contributed by atoms with van der Waals surface area (Å²) >= 11 is 0. The summed E-state index contributed by atoms with van der Waals surface area (Å²) in [7, 11) is 0. The molecule has 20 heavy (non-hydrogen) atoms. The van der Waals surface area contributed by atoms with Crippen LogP contribution in [-0.2, 0) is 16.1 Å². The van der Waals surface area contributed by atoms with Crippen LogP contribution in [0.3, 0.4) is 0 Å². The summed E-state index contributed by atoms with van der Waals surface area (Å²) in [6.45, 7) is 1.58. The van der Waals surface area contributed by atoms with Gasteiger partial charge in [0.1, 0.15) is 6.54 Å². The Morgan fingerprint density at radius 3 is 2.25 bits per heavy atom. The minimum absolute atomic E-state index is 0.271. The van der Waals surface area contributed by atoms with Crippen molar-refractivity contribution in [2.45, 2.75) is 13.5 Å². The lowest BCUT2D eigenvalue weighted by Crippen LogP contribution is -2.42. The molecule has 0 spiro atoms. The van der Waals surface area contributed by atoms with Gasteiger partial charge in [0.05, 0.1) is 6.54 Å². The number of carboxylic acid groups (broad SMARTS) is 1. The van der Waals surface area contributed by atoms with Gasteiger partial charge in [-0.2, -0.15) is 0 Å². The first-order valence-corrected chi connectivity index (χ1v) is 6.03. The van der Waals surface area contributed by atoms with E-state index in [2.05, 4.69) is 16.0 Å². The lowest BCUT2D eigenvalue weighted by molar-refractivity contribution is -0.137. The second-order valence-corrected chi connectivity index (χ2v) is 4.19. The van der Waals surface area contributed by atoms with Gasteiger partial charge in [-0.1, -0.05) is 29.8 Å². The van der Waals surface area contributed by atoms with Gasteiger partial charge in [-0.25, -0.2) is 4.79 Å². The van der Waals surface area contributed by atoms with Gasteiger partial charge in [0.25, 0.3) is 0 Å². The van der Waals surface area contributed by atoms with E-state index < -0.39 is 24.5 Å². The number of aliphatic carboxylic acids is 1. The summed E-state index contributed by atoms with van der Waals surface area (Å²) in [5.41, 5.74) is 2.08. The molecular formula is C13H17N3O4. The molecule has 4 N–H and O–H groups in total. The molecule has 0 aliphatic carbocycles. The largest absolute Gasteiger partial charge is 0.480 e. The number of hydrogen-bond donors (Lipinski definition) is 4. The summed E-state index contributed by atoms with van der Waals surface area (Å²) in [5.74, 6) is -1.69.